The van der Waals surface area contributed by atoms with Gasteiger partial charge in [-0.3, -0.25) is 4.79 Å². The second-order valence-electron chi connectivity index (χ2n) is 6.05. The van der Waals surface area contributed by atoms with Gasteiger partial charge in [0.1, 0.15) is 5.75 Å². The molecular weight excluding hydrogens is 318 g/mol. The quantitative estimate of drug-likeness (QED) is 0.809. The molecule has 0 saturated carbocycles. The maximum absolute atomic E-state index is 12.2. The molecule has 0 fully saturated rings. The van der Waals surface area contributed by atoms with Crippen molar-refractivity contribution in [3.8, 4) is 5.75 Å². The Bertz CT molecular complexity index is 768. The summed E-state index contributed by atoms with van der Waals surface area (Å²) in [6.45, 7) is 5.89. The van der Waals surface area contributed by atoms with Gasteiger partial charge in [0.2, 0.25) is 0 Å². The molecule has 2 rings (SSSR count). The Morgan fingerprint density at radius 1 is 1.12 bits per heavy atom. The Morgan fingerprint density at radius 2 is 1.84 bits per heavy atom. The molecule has 0 saturated heterocycles. The summed E-state index contributed by atoms with van der Waals surface area (Å²) >= 11 is 0. The lowest BCUT2D eigenvalue weighted by molar-refractivity contribution is -0.118. The van der Waals surface area contributed by atoms with Crippen molar-refractivity contribution in [3.63, 3.8) is 0 Å². The minimum Gasteiger partial charge on any atom is -0.483 e. The normalized spacial score (nSPS) is 10.4. The van der Waals surface area contributed by atoms with E-state index in [-0.39, 0.29) is 12.5 Å². The molecule has 0 aromatic heterocycles. The second kappa shape index (κ2) is 8.33. The Hall–Kier alpha value is -2.82. The molecule has 1 amide bonds. The van der Waals surface area contributed by atoms with Crippen molar-refractivity contribution < 1.29 is 19.1 Å². The molecule has 0 atom stereocenters. The lowest BCUT2D eigenvalue weighted by atomic mass is 10.0. The van der Waals surface area contributed by atoms with Crippen LogP contribution in [-0.2, 0) is 9.53 Å². The van der Waals surface area contributed by atoms with Crippen LogP contribution >= 0.6 is 0 Å². The molecule has 0 aliphatic rings. The molecular formula is C20H23NO4. The number of hydrogen-bond donors (Lipinski definition) is 1. The summed E-state index contributed by atoms with van der Waals surface area (Å²) in [5.74, 6) is 0.271. The minimum atomic E-state index is -0.447. The Balaban J connectivity index is 2.05. The Labute approximate surface area is 148 Å². The number of nitrogens with one attached hydrogen (secondary N) is 1. The standard InChI is InChI=1S/C20H23NO4/c1-13(2)16-7-5-6-8-18(16)25-12-19(22)21-17-11-15(20(23)24-4)10-9-14(17)3/h5-11,13H,12H2,1-4H3,(H,21,22). The van der Waals surface area contributed by atoms with E-state index in [0.717, 1.165) is 11.1 Å². The van der Waals surface area contributed by atoms with Gasteiger partial charge in [-0.05, 0) is 42.2 Å². The molecule has 0 aliphatic carbocycles. The van der Waals surface area contributed by atoms with Crippen molar-refractivity contribution in [2.24, 2.45) is 0 Å². The zero-order valence-electron chi connectivity index (χ0n) is 15.0. The largest absolute Gasteiger partial charge is 0.483 e. The van der Waals surface area contributed by atoms with Crippen LogP contribution in [0, 0.1) is 6.92 Å². The second-order valence-corrected chi connectivity index (χ2v) is 6.05. The maximum Gasteiger partial charge on any atom is 0.337 e. The fourth-order valence-corrected chi connectivity index (χ4v) is 2.42. The van der Waals surface area contributed by atoms with Crippen LogP contribution in [0.25, 0.3) is 0 Å². The first-order chi connectivity index (χ1) is 11.9. The highest BCUT2D eigenvalue weighted by Gasteiger charge is 2.12. The summed E-state index contributed by atoms with van der Waals surface area (Å²) in [5.41, 5.74) is 2.85. The van der Waals surface area contributed by atoms with Crippen molar-refractivity contribution in [1.82, 2.24) is 0 Å². The van der Waals surface area contributed by atoms with Crippen LogP contribution in [0.4, 0.5) is 5.69 Å². The number of anilines is 1. The van der Waals surface area contributed by atoms with Crippen LogP contribution in [0.15, 0.2) is 42.5 Å². The molecule has 25 heavy (non-hydrogen) atoms. The molecule has 1 N–H and O–H groups in total. The van der Waals surface area contributed by atoms with Crippen molar-refractivity contribution >= 4 is 17.6 Å². The van der Waals surface area contributed by atoms with Crippen molar-refractivity contribution in [2.45, 2.75) is 26.7 Å². The van der Waals surface area contributed by atoms with Crippen molar-refractivity contribution in [1.29, 1.82) is 0 Å². The highest BCUT2D eigenvalue weighted by Crippen LogP contribution is 2.26. The van der Waals surface area contributed by atoms with Gasteiger partial charge in [-0.15, -0.1) is 0 Å². The van der Waals surface area contributed by atoms with Gasteiger partial charge in [0.15, 0.2) is 6.61 Å². The number of para-hydroxylation sites is 1. The Morgan fingerprint density at radius 3 is 2.52 bits per heavy atom. The maximum atomic E-state index is 12.2. The van der Waals surface area contributed by atoms with Crippen molar-refractivity contribution in [2.75, 3.05) is 19.0 Å². The SMILES string of the molecule is COC(=O)c1ccc(C)c(NC(=O)COc2ccccc2C(C)C)c1. The number of ether oxygens (including phenoxy) is 2. The van der Waals surface area contributed by atoms with Crippen LogP contribution in [0.3, 0.4) is 0 Å². The molecule has 0 heterocycles. The Kier molecular flexibility index (Phi) is 6.17. The molecule has 2 aromatic rings. The number of carbonyl (C=O) groups excluding carboxylic acids is 2. The molecule has 2 aromatic carbocycles. The van der Waals surface area contributed by atoms with E-state index < -0.39 is 5.97 Å². The first kappa shape index (κ1) is 18.5. The third kappa shape index (κ3) is 4.83. The van der Waals surface area contributed by atoms with E-state index in [1.165, 1.54) is 7.11 Å². The zero-order chi connectivity index (χ0) is 18.4. The molecule has 0 spiro atoms. The lowest BCUT2D eigenvalue weighted by Crippen LogP contribution is -2.21. The number of amides is 1. The van der Waals surface area contributed by atoms with E-state index in [4.69, 9.17) is 9.47 Å². The molecule has 5 heteroatoms. The third-order valence-corrected chi connectivity index (χ3v) is 3.83. The molecule has 0 bridgehead atoms. The van der Waals surface area contributed by atoms with E-state index >= 15 is 0 Å². The van der Waals surface area contributed by atoms with Gasteiger partial charge in [-0.1, -0.05) is 38.1 Å². The molecule has 0 radical (unpaired) electrons. The number of esters is 1. The number of benzene rings is 2. The van der Waals surface area contributed by atoms with E-state index in [1.54, 1.807) is 18.2 Å². The van der Waals surface area contributed by atoms with Gasteiger partial charge in [-0.2, -0.15) is 0 Å². The lowest BCUT2D eigenvalue weighted by Gasteiger charge is -2.14. The summed E-state index contributed by atoms with van der Waals surface area (Å²) in [5, 5.41) is 2.78. The number of hydrogen-bond acceptors (Lipinski definition) is 4. The smallest absolute Gasteiger partial charge is 0.337 e. The van der Waals surface area contributed by atoms with Crippen LogP contribution in [0.5, 0.6) is 5.75 Å². The fourth-order valence-electron chi connectivity index (χ4n) is 2.42. The monoisotopic (exact) mass is 341 g/mol. The van der Waals surface area contributed by atoms with Gasteiger partial charge >= 0.3 is 5.97 Å². The zero-order valence-corrected chi connectivity index (χ0v) is 15.0. The fraction of sp³-hybridized carbons (Fsp3) is 0.300. The van der Waals surface area contributed by atoms with Gasteiger partial charge < -0.3 is 14.8 Å². The van der Waals surface area contributed by atoms with Gasteiger partial charge in [0.25, 0.3) is 5.91 Å². The summed E-state index contributed by atoms with van der Waals surface area (Å²) in [4.78, 5) is 23.8. The first-order valence-electron chi connectivity index (χ1n) is 8.13. The highest BCUT2D eigenvalue weighted by atomic mass is 16.5. The van der Waals surface area contributed by atoms with Crippen molar-refractivity contribution in [3.05, 3.63) is 59.2 Å². The molecule has 0 unspecified atom stereocenters. The van der Waals surface area contributed by atoms with Crippen LogP contribution in [0.2, 0.25) is 0 Å². The highest BCUT2D eigenvalue weighted by molar-refractivity contribution is 5.95. The number of rotatable bonds is 6. The van der Waals surface area contributed by atoms with Crippen LogP contribution in [0.1, 0.15) is 41.3 Å². The summed E-state index contributed by atoms with van der Waals surface area (Å²) in [7, 11) is 1.32. The van der Waals surface area contributed by atoms with E-state index in [9.17, 15) is 9.59 Å². The third-order valence-electron chi connectivity index (χ3n) is 3.83. The topological polar surface area (TPSA) is 64.6 Å². The molecule has 0 aliphatic heterocycles. The number of aryl methyl sites for hydroxylation is 1. The summed E-state index contributed by atoms with van der Waals surface area (Å²) in [6, 6.07) is 12.7. The molecule has 132 valence electrons. The van der Waals surface area contributed by atoms with E-state index in [0.29, 0.717) is 22.9 Å². The van der Waals surface area contributed by atoms with E-state index in [1.807, 2.05) is 31.2 Å². The first-order valence-corrected chi connectivity index (χ1v) is 8.13. The van der Waals surface area contributed by atoms with Gasteiger partial charge in [0, 0.05) is 5.69 Å². The van der Waals surface area contributed by atoms with E-state index in [2.05, 4.69) is 19.2 Å². The predicted octanol–water partition coefficient (Wildman–Crippen LogP) is 3.92. The molecule has 5 nitrogen and oxygen atoms in total. The minimum absolute atomic E-state index is 0.106. The van der Waals surface area contributed by atoms with Gasteiger partial charge in [0.05, 0.1) is 12.7 Å². The summed E-state index contributed by atoms with van der Waals surface area (Å²) < 4.78 is 10.4. The van der Waals surface area contributed by atoms with Crippen LogP contribution in [-0.4, -0.2) is 25.6 Å². The van der Waals surface area contributed by atoms with Gasteiger partial charge in [-0.25, -0.2) is 4.79 Å². The van der Waals surface area contributed by atoms with Crippen LogP contribution < -0.4 is 10.1 Å². The number of carbonyl (C=O) groups is 2. The average Bonchev–Trinajstić information content (AvgIpc) is 2.61. The average molecular weight is 341 g/mol. The predicted molar refractivity (Wildman–Crippen MR) is 97.2 cm³/mol. The summed E-state index contributed by atoms with van der Waals surface area (Å²) in [6.07, 6.45) is 0. The number of methoxy groups -OCH3 is 1.